The van der Waals surface area contributed by atoms with Crippen LogP contribution < -0.4 is 0 Å². The number of nitrogens with zero attached hydrogens (tertiary/aromatic N) is 2. The average Bonchev–Trinajstić information content (AvgIpc) is 2.49. The largest absolute Gasteiger partial charge is 0.382 e. The van der Waals surface area contributed by atoms with Crippen molar-refractivity contribution in [3.63, 3.8) is 0 Å². The van der Waals surface area contributed by atoms with Crippen LogP contribution in [0.2, 0.25) is 5.02 Å². The molecule has 0 fully saturated rings. The minimum atomic E-state index is -0.0205. The van der Waals surface area contributed by atoms with E-state index in [9.17, 15) is 4.79 Å². The zero-order chi connectivity index (χ0) is 16.4. The minimum Gasteiger partial charge on any atom is -0.382 e. The Labute approximate surface area is 137 Å². The molecule has 1 aromatic rings. The van der Waals surface area contributed by atoms with Crippen molar-refractivity contribution in [3.8, 4) is 0 Å². The van der Waals surface area contributed by atoms with Crippen molar-refractivity contribution in [1.82, 2.24) is 9.80 Å². The van der Waals surface area contributed by atoms with Crippen molar-refractivity contribution in [3.05, 3.63) is 34.9 Å². The normalized spacial score (nSPS) is 11.0. The maximum absolute atomic E-state index is 12.3. The number of hydrogen-bond acceptors (Lipinski definition) is 4. The van der Waals surface area contributed by atoms with E-state index in [1.807, 2.05) is 43.3 Å². The summed E-state index contributed by atoms with van der Waals surface area (Å²) in [5, 5.41) is 0.692. The lowest BCUT2D eigenvalue weighted by Crippen LogP contribution is -2.38. The van der Waals surface area contributed by atoms with Gasteiger partial charge in [-0.05, 0) is 31.8 Å². The van der Waals surface area contributed by atoms with Crippen LogP contribution in [-0.2, 0) is 20.8 Å². The third-order valence-electron chi connectivity index (χ3n) is 3.11. The van der Waals surface area contributed by atoms with Crippen LogP contribution in [0.15, 0.2) is 24.3 Å². The minimum absolute atomic E-state index is 0.0205. The Hall–Kier alpha value is -1.14. The quantitative estimate of drug-likeness (QED) is 0.615. The summed E-state index contributed by atoms with van der Waals surface area (Å²) in [6.07, 6.45) is 0. The number of methoxy groups -OCH3 is 1. The summed E-state index contributed by atoms with van der Waals surface area (Å²) in [5.74, 6) is -0.0205. The fraction of sp³-hybridized carbons (Fsp3) is 0.562. The third-order valence-corrected chi connectivity index (χ3v) is 3.37. The van der Waals surface area contributed by atoms with Gasteiger partial charge in [0.05, 0.1) is 13.2 Å². The molecule has 1 aromatic carbocycles. The van der Waals surface area contributed by atoms with Gasteiger partial charge in [0.2, 0.25) is 5.91 Å². The Kier molecular flexibility index (Phi) is 9.08. The number of amides is 1. The highest BCUT2D eigenvalue weighted by Gasteiger charge is 2.14. The summed E-state index contributed by atoms with van der Waals surface area (Å²) in [6.45, 7) is 2.99. The molecular weight excluding hydrogens is 304 g/mol. The number of hydrogen-bond donors (Lipinski definition) is 0. The molecule has 0 aliphatic heterocycles. The maximum Gasteiger partial charge on any atom is 0.248 e. The molecule has 0 aliphatic rings. The number of rotatable bonds is 10. The average molecular weight is 329 g/mol. The van der Waals surface area contributed by atoms with Crippen LogP contribution in [-0.4, -0.2) is 69.8 Å². The van der Waals surface area contributed by atoms with Crippen LogP contribution in [0.4, 0.5) is 0 Å². The van der Waals surface area contributed by atoms with E-state index < -0.39 is 0 Å². The second-order valence-corrected chi connectivity index (χ2v) is 5.73. The molecule has 0 aromatic heterocycles. The highest BCUT2D eigenvalue weighted by Crippen LogP contribution is 2.11. The van der Waals surface area contributed by atoms with E-state index >= 15 is 0 Å². The molecule has 1 rings (SSSR count). The molecule has 6 heteroatoms. The lowest BCUT2D eigenvalue weighted by molar-refractivity contribution is -0.137. The summed E-state index contributed by atoms with van der Waals surface area (Å²) in [4.78, 5) is 16.2. The van der Waals surface area contributed by atoms with Gasteiger partial charge in [0.1, 0.15) is 6.61 Å². The van der Waals surface area contributed by atoms with E-state index in [1.165, 1.54) is 0 Å². The van der Waals surface area contributed by atoms with E-state index in [1.54, 1.807) is 12.0 Å². The fourth-order valence-electron chi connectivity index (χ4n) is 1.82. The van der Waals surface area contributed by atoms with Crippen molar-refractivity contribution < 1.29 is 14.3 Å². The van der Waals surface area contributed by atoms with Gasteiger partial charge in [-0.3, -0.25) is 4.79 Å². The number of carbonyl (C=O) groups excluding carboxylic acids is 1. The molecule has 0 spiro atoms. The summed E-state index contributed by atoms with van der Waals surface area (Å²) >= 11 is 5.89. The van der Waals surface area contributed by atoms with Crippen LogP contribution in [0.25, 0.3) is 0 Å². The monoisotopic (exact) mass is 328 g/mol. The first-order valence-corrected chi connectivity index (χ1v) is 7.64. The van der Waals surface area contributed by atoms with Crippen LogP contribution in [0, 0.1) is 0 Å². The zero-order valence-electron chi connectivity index (χ0n) is 13.5. The van der Waals surface area contributed by atoms with E-state index in [0.29, 0.717) is 31.3 Å². The molecular formula is C16H25ClN2O3. The summed E-state index contributed by atoms with van der Waals surface area (Å²) in [7, 11) is 5.58. The van der Waals surface area contributed by atoms with Gasteiger partial charge < -0.3 is 19.3 Å². The van der Waals surface area contributed by atoms with Gasteiger partial charge in [-0.25, -0.2) is 0 Å². The Morgan fingerprint density at radius 1 is 1.14 bits per heavy atom. The first-order valence-electron chi connectivity index (χ1n) is 7.26. The van der Waals surface area contributed by atoms with Gasteiger partial charge in [0.15, 0.2) is 0 Å². The Morgan fingerprint density at radius 2 is 1.82 bits per heavy atom. The molecule has 0 bridgehead atoms. The van der Waals surface area contributed by atoms with E-state index in [0.717, 1.165) is 12.1 Å². The van der Waals surface area contributed by atoms with Crippen molar-refractivity contribution in [2.45, 2.75) is 6.54 Å². The molecule has 0 unspecified atom stereocenters. The molecule has 0 radical (unpaired) electrons. The van der Waals surface area contributed by atoms with Crippen molar-refractivity contribution in [1.29, 1.82) is 0 Å². The van der Waals surface area contributed by atoms with Crippen molar-refractivity contribution >= 4 is 17.5 Å². The van der Waals surface area contributed by atoms with Crippen molar-refractivity contribution in [2.75, 3.05) is 54.1 Å². The lowest BCUT2D eigenvalue weighted by atomic mass is 10.2. The van der Waals surface area contributed by atoms with Gasteiger partial charge in [-0.1, -0.05) is 23.7 Å². The van der Waals surface area contributed by atoms with E-state index in [4.69, 9.17) is 21.1 Å². The van der Waals surface area contributed by atoms with Crippen LogP contribution >= 0.6 is 11.6 Å². The highest BCUT2D eigenvalue weighted by atomic mass is 35.5. The lowest BCUT2D eigenvalue weighted by Gasteiger charge is -2.24. The molecule has 0 saturated carbocycles. The molecule has 1 amide bonds. The number of carbonyl (C=O) groups is 1. The predicted molar refractivity (Wildman–Crippen MR) is 88.1 cm³/mol. The maximum atomic E-state index is 12.3. The molecule has 22 heavy (non-hydrogen) atoms. The zero-order valence-corrected chi connectivity index (χ0v) is 14.3. The van der Waals surface area contributed by atoms with Crippen LogP contribution in [0.1, 0.15) is 5.56 Å². The highest BCUT2D eigenvalue weighted by molar-refractivity contribution is 6.30. The molecule has 0 atom stereocenters. The molecule has 5 nitrogen and oxygen atoms in total. The van der Waals surface area contributed by atoms with Crippen LogP contribution in [0.3, 0.4) is 0 Å². The SMILES string of the molecule is COCCOCC(=O)N(CCN(C)C)Cc1ccc(Cl)cc1. The number of benzene rings is 1. The molecule has 0 saturated heterocycles. The Balaban J connectivity index is 2.57. The smallest absolute Gasteiger partial charge is 0.248 e. The van der Waals surface area contributed by atoms with E-state index in [-0.39, 0.29) is 12.5 Å². The van der Waals surface area contributed by atoms with E-state index in [2.05, 4.69) is 0 Å². The first kappa shape index (κ1) is 18.9. The number of ether oxygens (including phenoxy) is 2. The molecule has 124 valence electrons. The summed E-state index contributed by atoms with van der Waals surface area (Å²) in [5.41, 5.74) is 1.05. The second kappa shape index (κ2) is 10.6. The molecule has 0 N–H and O–H groups in total. The predicted octanol–water partition coefficient (Wildman–Crippen LogP) is 1.89. The van der Waals surface area contributed by atoms with Gasteiger partial charge in [0, 0.05) is 31.8 Å². The summed E-state index contributed by atoms with van der Waals surface area (Å²) in [6, 6.07) is 7.54. The third kappa shape index (κ3) is 7.75. The number of likely N-dealkylation sites (N-methyl/N-ethyl adjacent to an activating group) is 1. The Morgan fingerprint density at radius 3 is 2.41 bits per heavy atom. The van der Waals surface area contributed by atoms with Gasteiger partial charge in [-0.2, -0.15) is 0 Å². The molecule has 0 heterocycles. The van der Waals surface area contributed by atoms with Gasteiger partial charge >= 0.3 is 0 Å². The van der Waals surface area contributed by atoms with Crippen molar-refractivity contribution in [2.24, 2.45) is 0 Å². The first-order chi connectivity index (χ1) is 10.5. The van der Waals surface area contributed by atoms with Gasteiger partial charge in [-0.15, -0.1) is 0 Å². The summed E-state index contributed by atoms with van der Waals surface area (Å²) < 4.78 is 10.2. The standard InChI is InChI=1S/C16H25ClN2O3/c1-18(2)8-9-19(16(20)13-22-11-10-21-3)12-14-4-6-15(17)7-5-14/h4-7H,8-13H2,1-3H3. The second-order valence-electron chi connectivity index (χ2n) is 5.29. The molecule has 0 aliphatic carbocycles. The Bertz CT molecular complexity index is 438. The van der Waals surface area contributed by atoms with Gasteiger partial charge in [0.25, 0.3) is 0 Å². The fourth-order valence-corrected chi connectivity index (χ4v) is 1.94. The number of halogens is 1. The topological polar surface area (TPSA) is 42.0 Å². The van der Waals surface area contributed by atoms with Crippen LogP contribution in [0.5, 0.6) is 0 Å².